The third-order valence-electron chi connectivity index (χ3n) is 5.15. The van der Waals surface area contributed by atoms with Crippen molar-refractivity contribution in [2.45, 2.75) is 43.5 Å². The first-order valence-electron chi connectivity index (χ1n) is 8.43. The smallest absolute Gasteiger partial charge is 0.227 e. The lowest BCUT2D eigenvalue weighted by Gasteiger charge is -2.46. The number of aliphatic hydroxyl groups is 2. The van der Waals surface area contributed by atoms with Crippen LogP contribution in [0, 0.1) is 0 Å². The average molecular weight is 335 g/mol. The molecule has 3 rings (SSSR count). The van der Waals surface area contributed by atoms with Gasteiger partial charge in [0.25, 0.3) is 0 Å². The van der Waals surface area contributed by atoms with Crippen LogP contribution in [0.25, 0.3) is 0 Å². The Bertz CT molecular complexity index is 583. The maximum atomic E-state index is 12.6. The van der Waals surface area contributed by atoms with Crippen LogP contribution in [0.1, 0.15) is 24.8 Å². The van der Waals surface area contributed by atoms with Gasteiger partial charge in [-0.15, -0.1) is 0 Å². The fraction of sp³-hybridized carbons (Fsp3) is 0.611. The molecule has 24 heavy (non-hydrogen) atoms. The first kappa shape index (κ1) is 17.2. The van der Waals surface area contributed by atoms with Crippen LogP contribution in [0.4, 0.5) is 0 Å². The molecule has 0 radical (unpaired) electrons. The first-order valence-corrected chi connectivity index (χ1v) is 8.43. The highest BCUT2D eigenvalue weighted by Crippen LogP contribution is 2.35. The Morgan fingerprint density at radius 3 is 2.67 bits per heavy atom. The van der Waals surface area contributed by atoms with Crippen LogP contribution >= 0.6 is 0 Å². The Morgan fingerprint density at radius 2 is 2.00 bits per heavy atom. The summed E-state index contributed by atoms with van der Waals surface area (Å²) in [5, 5.41) is 19.5. The van der Waals surface area contributed by atoms with Crippen LogP contribution in [0.2, 0.25) is 0 Å². The van der Waals surface area contributed by atoms with Gasteiger partial charge in [-0.1, -0.05) is 18.2 Å². The molecular formula is C18H25NO5. The number of piperidine rings is 1. The summed E-state index contributed by atoms with van der Waals surface area (Å²) < 4.78 is 11.1. The summed E-state index contributed by atoms with van der Waals surface area (Å²) in [5.74, 6) is 0.804. The van der Waals surface area contributed by atoms with Crippen molar-refractivity contribution in [2.24, 2.45) is 0 Å². The topological polar surface area (TPSA) is 79.2 Å². The summed E-state index contributed by atoms with van der Waals surface area (Å²) >= 11 is 0. The Hall–Kier alpha value is -1.63. The molecular weight excluding hydrogens is 310 g/mol. The maximum absolute atomic E-state index is 12.6. The SMILES string of the molecule is COc1ccccc1CC(=O)N1CCC2(CC1)C[C@@H](O)[C@@H](O)CO2. The minimum atomic E-state index is -0.805. The summed E-state index contributed by atoms with van der Waals surface area (Å²) in [4.78, 5) is 14.4. The number of rotatable bonds is 3. The lowest BCUT2D eigenvalue weighted by Crippen LogP contribution is -2.55. The van der Waals surface area contributed by atoms with E-state index in [2.05, 4.69) is 0 Å². The molecule has 6 heteroatoms. The van der Waals surface area contributed by atoms with E-state index < -0.39 is 17.8 Å². The van der Waals surface area contributed by atoms with E-state index >= 15 is 0 Å². The molecule has 2 N–H and O–H groups in total. The number of hydrogen-bond acceptors (Lipinski definition) is 5. The number of ether oxygens (including phenoxy) is 2. The predicted octanol–water partition coefficient (Wildman–Crippen LogP) is 0.741. The van der Waals surface area contributed by atoms with Gasteiger partial charge in [0.2, 0.25) is 5.91 Å². The number of carbonyl (C=O) groups is 1. The molecule has 132 valence electrons. The highest BCUT2D eigenvalue weighted by atomic mass is 16.5. The minimum Gasteiger partial charge on any atom is -0.496 e. The third-order valence-corrected chi connectivity index (χ3v) is 5.15. The zero-order valence-electron chi connectivity index (χ0n) is 14.0. The van der Waals surface area contributed by atoms with Crippen molar-refractivity contribution in [1.29, 1.82) is 0 Å². The zero-order valence-corrected chi connectivity index (χ0v) is 14.0. The van der Waals surface area contributed by atoms with E-state index in [0.29, 0.717) is 38.8 Å². The summed E-state index contributed by atoms with van der Waals surface area (Å²) in [5.41, 5.74) is 0.484. The van der Waals surface area contributed by atoms with E-state index in [4.69, 9.17) is 9.47 Å². The number of methoxy groups -OCH3 is 1. The van der Waals surface area contributed by atoms with E-state index in [9.17, 15) is 15.0 Å². The number of aliphatic hydroxyl groups excluding tert-OH is 2. The van der Waals surface area contributed by atoms with Crippen molar-refractivity contribution in [1.82, 2.24) is 4.90 Å². The Balaban J connectivity index is 1.57. The number of amides is 1. The molecule has 6 nitrogen and oxygen atoms in total. The van der Waals surface area contributed by atoms with Gasteiger partial charge in [-0.25, -0.2) is 0 Å². The molecule has 2 aliphatic heterocycles. The Kier molecular flexibility index (Phi) is 5.08. The molecule has 1 spiro atoms. The largest absolute Gasteiger partial charge is 0.496 e. The van der Waals surface area contributed by atoms with Crippen molar-refractivity contribution in [3.63, 3.8) is 0 Å². The molecule has 1 aromatic rings. The molecule has 2 atom stereocenters. The minimum absolute atomic E-state index is 0.0748. The fourth-order valence-electron chi connectivity index (χ4n) is 3.59. The quantitative estimate of drug-likeness (QED) is 0.852. The van der Waals surface area contributed by atoms with Crippen LogP contribution < -0.4 is 4.74 Å². The first-order chi connectivity index (χ1) is 11.5. The number of nitrogens with zero attached hydrogens (tertiary/aromatic N) is 1. The van der Waals surface area contributed by atoms with Gasteiger partial charge in [0.05, 0.1) is 31.8 Å². The lowest BCUT2D eigenvalue weighted by atomic mass is 9.82. The molecule has 0 unspecified atom stereocenters. The highest BCUT2D eigenvalue weighted by molar-refractivity contribution is 5.79. The Labute approximate surface area is 142 Å². The van der Waals surface area contributed by atoms with E-state index in [1.54, 1.807) is 7.11 Å². The van der Waals surface area contributed by atoms with Gasteiger partial charge in [0.1, 0.15) is 11.9 Å². The van der Waals surface area contributed by atoms with Gasteiger partial charge in [0, 0.05) is 25.1 Å². The van der Waals surface area contributed by atoms with Gasteiger partial charge in [-0.05, 0) is 18.9 Å². The maximum Gasteiger partial charge on any atom is 0.227 e. The second-order valence-electron chi connectivity index (χ2n) is 6.70. The molecule has 2 aliphatic rings. The molecule has 2 fully saturated rings. The molecule has 2 heterocycles. The van der Waals surface area contributed by atoms with Crippen molar-refractivity contribution in [3.8, 4) is 5.75 Å². The van der Waals surface area contributed by atoms with Gasteiger partial charge in [0.15, 0.2) is 0 Å². The van der Waals surface area contributed by atoms with Crippen molar-refractivity contribution < 1.29 is 24.5 Å². The molecule has 2 saturated heterocycles. The predicted molar refractivity (Wildman–Crippen MR) is 87.8 cm³/mol. The standard InChI is InChI=1S/C18H25NO5/c1-23-16-5-3-2-4-13(16)10-17(22)19-8-6-18(7-9-19)11-14(20)15(21)12-24-18/h2-5,14-15,20-21H,6-12H2,1H3/t14-,15+/m1/s1. The van der Waals surface area contributed by atoms with Gasteiger partial charge in [-0.3, -0.25) is 4.79 Å². The van der Waals surface area contributed by atoms with Crippen LogP contribution in [-0.4, -0.2) is 65.6 Å². The summed E-state index contributed by atoms with van der Waals surface area (Å²) in [6.45, 7) is 1.38. The number of hydrogen-bond donors (Lipinski definition) is 2. The number of likely N-dealkylation sites (tertiary alicyclic amines) is 1. The van der Waals surface area contributed by atoms with E-state index in [0.717, 1.165) is 11.3 Å². The third kappa shape index (κ3) is 3.55. The van der Waals surface area contributed by atoms with Gasteiger partial charge >= 0.3 is 0 Å². The van der Waals surface area contributed by atoms with E-state index in [-0.39, 0.29) is 12.5 Å². The monoisotopic (exact) mass is 335 g/mol. The molecule has 0 bridgehead atoms. The second kappa shape index (κ2) is 7.09. The van der Waals surface area contributed by atoms with Crippen molar-refractivity contribution in [2.75, 3.05) is 26.8 Å². The molecule has 0 aliphatic carbocycles. The van der Waals surface area contributed by atoms with Crippen molar-refractivity contribution in [3.05, 3.63) is 29.8 Å². The van der Waals surface area contributed by atoms with Crippen LogP contribution in [0.3, 0.4) is 0 Å². The van der Waals surface area contributed by atoms with Gasteiger partial charge in [-0.2, -0.15) is 0 Å². The summed E-state index contributed by atoms with van der Waals surface area (Å²) in [7, 11) is 1.61. The van der Waals surface area contributed by atoms with E-state index in [1.807, 2.05) is 29.2 Å². The lowest BCUT2D eigenvalue weighted by molar-refractivity contribution is -0.188. The molecule has 1 aromatic carbocycles. The molecule has 0 aromatic heterocycles. The van der Waals surface area contributed by atoms with E-state index in [1.165, 1.54) is 0 Å². The second-order valence-corrected chi connectivity index (χ2v) is 6.70. The normalized spacial score (nSPS) is 26.4. The number of carbonyl (C=O) groups excluding carboxylic acids is 1. The molecule has 0 saturated carbocycles. The van der Waals surface area contributed by atoms with Gasteiger partial charge < -0.3 is 24.6 Å². The Morgan fingerprint density at radius 1 is 1.29 bits per heavy atom. The average Bonchev–Trinajstić information content (AvgIpc) is 2.60. The molecule has 1 amide bonds. The summed E-state index contributed by atoms with van der Waals surface area (Å²) in [6.07, 6.45) is 0.584. The highest BCUT2D eigenvalue weighted by Gasteiger charge is 2.43. The van der Waals surface area contributed by atoms with Crippen LogP contribution in [-0.2, 0) is 16.0 Å². The van der Waals surface area contributed by atoms with Crippen LogP contribution in [0.15, 0.2) is 24.3 Å². The zero-order chi connectivity index (χ0) is 17.2. The summed E-state index contributed by atoms with van der Waals surface area (Å²) in [6, 6.07) is 7.55. The number of para-hydroxylation sites is 1. The van der Waals surface area contributed by atoms with Crippen LogP contribution in [0.5, 0.6) is 5.75 Å². The number of benzene rings is 1. The van der Waals surface area contributed by atoms with Crippen molar-refractivity contribution >= 4 is 5.91 Å². The fourth-order valence-corrected chi connectivity index (χ4v) is 3.59.